The fourth-order valence-electron chi connectivity index (χ4n) is 1.35. The number of hydrogen-bond donors (Lipinski definition) is 3. The van der Waals surface area contributed by atoms with Crippen LogP contribution < -0.4 is 10.6 Å². The van der Waals surface area contributed by atoms with E-state index < -0.39 is 46.2 Å². The van der Waals surface area contributed by atoms with Crippen LogP contribution in [0.25, 0.3) is 0 Å². The third kappa shape index (κ3) is 4.74. The number of carbonyl (C=O) groups excluding carboxylic acids is 1. The Bertz CT molecular complexity index is 601. The normalized spacial score (nSPS) is 9.71. The van der Waals surface area contributed by atoms with Crippen LogP contribution in [0, 0.1) is 20.2 Å². The molecule has 0 atom stereocenters. The van der Waals surface area contributed by atoms with Crippen molar-refractivity contribution in [2.75, 3.05) is 18.4 Å². The summed E-state index contributed by atoms with van der Waals surface area (Å²) in [4.78, 5) is 41.3. The number of anilines is 1. The molecule has 0 aliphatic heterocycles. The highest BCUT2D eigenvalue weighted by Gasteiger charge is 2.19. The fourth-order valence-corrected chi connectivity index (χ4v) is 1.35. The molecule has 0 bridgehead atoms. The zero-order chi connectivity index (χ0) is 16.0. The third-order valence-electron chi connectivity index (χ3n) is 2.27. The summed E-state index contributed by atoms with van der Waals surface area (Å²) in [5.41, 5.74) is -1.10. The van der Waals surface area contributed by atoms with Crippen LogP contribution in [0.3, 0.4) is 0 Å². The lowest BCUT2D eigenvalue weighted by Crippen LogP contribution is -2.33. The van der Waals surface area contributed by atoms with E-state index in [2.05, 4.69) is 10.6 Å². The number of amides is 1. The molecular weight excluding hydrogens is 288 g/mol. The maximum atomic E-state index is 11.3. The van der Waals surface area contributed by atoms with Gasteiger partial charge in [0.25, 0.3) is 11.4 Å². The smallest absolute Gasteiger partial charge is 0.322 e. The van der Waals surface area contributed by atoms with Crippen LogP contribution in [0.4, 0.5) is 17.1 Å². The minimum atomic E-state index is -1.23. The predicted octanol–water partition coefficient (Wildman–Crippen LogP) is 0.116. The lowest BCUT2D eigenvalue weighted by Gasteiger charge is -2.07. The van der Waals surface area contributed by atoms with Crippen molar-refractivity contribution in [1.82, 2.24) is 5.32 Å². The van der Waals surface area contributed by atoms with E-state index in [1.807, 2.05) is 0 Å². The molecule has 0 spiro atoms. The van der Waals surface area contributed by atoms with E-state index in [9.17, 15) is 29.8 Å². The molecule has 0 aliphatic rings. The molecule has 0 unspecified atom stereocenters. The van der Waals surface area contributed by atoms with Crippen LogP contribution in [-0.4, -0.2) is 39.9 Å². The van der Waals surface area contributed by atoms with Gasteiger partial charge in [-0.3, -0.25) is 29.8 Å². The number of non-ortho nitro benzene ring substituents is 1. The second-order valence-corrected chi connectivity index (χ2v) is 3.74. The van der Waals surface area contributed by atoms with Gasteiger partial charge in [-0.15, -0.1) is 0 Å². The van der Waals surface area contributed by atoms with Crippen molar-refractivity contribution in [2.45, 2.75) is 0 Å². The molecule has 0 aliphatic carbocycles. The summed E-state index contributed by atoms with van der Waals surface area (Å²) in [7, 11) is 0. The highest BCUT2D eigenvalue weighted by atomic mass is 16.6. The molecule has 0 aromatic heterocycles. The number of carbonyl (C=O) groups is 2. The number of nitrogens with zero attached hydrogens (tertiary/aromatic N) is 2. The van der Waals surface area contributed by atoms with E-state index in [1.165, 1.54) is 0 Å². The third-order valence-corrected chi connectivity index (χ3v) is 2.27. The van der Waals surface area contributed by atoms with Gasteiger partial charge in [0, 0.05) is 6.07 Å². The van der Waals surface area contributed by atoms with Crippen LogP contribution >= 0.6 is 0 Å². The highest BCUT2D eigenvalue weighted by Crippen LogP contribution is 2.28. The van der Waals surface area contributed by atoms with Crippen LogP contribution in [0.2, 0.25) is 0 Å². The topological polar surface area (TPSA) is 165 Å². The molecule has 1 amide bonds. The molecule has 0 heterocycles. The van der Waals surface area contributed by atoms with Crippen molar-refractivity contribution >= 4 is 28.9 Å². The zero-order valence-corrected chi connectivity index (χ0v) is 10.4. The van der Waals surface area contributed by atoms with Crippen LogP contribution in [0.15, 0.2) is 18.2 Å². The van der Waals surface area contributed by atoms with Gasteiger partial charge in [0.2, 0.25) is 5.91 Å². The number of rotatable bonds is 7. The maximum absolute atomic E-state index is 11.3. The lowest BCUT2D eigenvalue weighted by atomic mass is 10.2. The minimum Gasteiger partial charge on any atom is -0.480 e. The van der Waals surface area contributed by atoms with E-state index >= 15 is 0 Å². The quantitative estimate of drug-likeness (QED) is 0.471. The Kier molecular flexibility index (Phi) is 5.11. The van der Waals surface area contributed by atoms with E-state index in [-0.39, 0.29) is 5.69 Å². The molecule has 0 saturated carbocycles. The van der Waals surface area contributed by atoms with E-state index in [0.717, 1.165) is 18.2 Å². The second-order valence-electron chi connectivity index (χ2n) is 3.74. The first-order valence-corrected chi connectivity index (χ1v) is 5.46. The Balaban J connectivity index is 2.79. The first-order valence-electron chi connectivity index (χ1n) is 5.46. The first-order chi connectivity index (χ1) is 9.81. The second kappa shape index (κ2) is 6.79. The number of carboxylic acids is 1. The van der Waals surface area contributed by atoms with Gasteiger partial charge in [0.1, 0.15) is 12.2 Å². The molecule has 1 rings (SSSR count). The fraction of sp³-hybridized carbons (Fsp3) is 0.200. The van der Waals surface area contributed by atoms with Gasteiger partial charge in [-0.05, 0) is 6.07 Å². The van der Waals surface area contributed by atoms with Gasteiger partial charge in [-0.2, -0.15) is 0 Å². The molecule has 0 saturated heterocycles. The largest absolute Gasteiger partial charge is 0.480 e. The van der Waals surface area contributed by atoms with E-state index in [4.69, 9.17) is 5.11 Å². The number of aliphatic carboxylic acids is 1. The Labute approximate surface area is 116 Å². The number of nitro groups is 2. The highest BCUT2D eigenvalue weighted by molar-refractivity contribution is 5.85. The number of nitro benzene ring substituents is 2. The molecule has 0 fully saturated rings. The summed E-state index contributed by atoms with van der Waals surface area (Å²) in [5.74, 6) is -1.92. The minimum absolute atomic E-state index is 0.0870. The summed E-state index contributed by atoms with van der Waals surface area (Å²) in [6, 6.07) is 2.91. The molecule has 0 radical (unpaired) electrons. The summed E-state index contributed by atoms with van der Waals surface area (Å²) in [5, 5.41) is 34.2. The van der Waals surface area contributed by atoms with Crippen molar-refractivity contribution in [3.05, 3.63) is 38.4 Å². The molecule has 11 heteroatoms. The van der Waals surface area contributed by atoms with Crippen molar-refractivity contribution in [2.24, 2.45) is 0 Å². The van der Waals surface area contributed by atoms with Gasteiger partial charge >= 0.3 is 5.97 Å². The summed E-state index contributed by atoms with van der Waals surface area (Å²) < 4.78 is 0. The van der Waals surface area contributed by atoms with E-state index in [1.54, 1.807) is 0 Å². The monoisotopic (exact) mass is 298 g/mol. The van der Waals surface area contributed by atoms with Crippen LogP contribution in [0.5, 0.6) is 0 Å². The molecule has 1 aromatic rings. The average molecular weight is 298 g/mol. The number of hydrogen-bond acceptors (Lipinski definition) is 7. The SMILES string of the molecule is O=C(O)CNC(=O)CNc1ccc([N+](=O)[O-])cc1[N+](=O)[O-]. The molecule has 1 aromatic carbocycles. The zero-order valence-electron chi connectivity index (χ0n) is 10.4. The standard InChI is InChI=1S/C10H10N4O7/c15-9(12-5-10(16)17)4-11-7-2-1-6(13(18)19)3-8(7)14(20)21/h1-3,11H,4-5H2,(H,12,15)(H,16,17). The Morgan fingerprint density at radius 3 is 2.33 bits per heavy atom. The van der Waals surface area contributed by atoms with Crippen molar-refractivity contribution in [3.63, 3.8) is 0 Å². The number of carboxylic acid groups (broad SMARTS) is 1. The van der Waals surface area contributed by atoms with Crippen molar-refractivity contribution < 1.29 is 24.5 Å². The summed E-state index contributed by atoms with van der Waals surface area (Å²) >= 11 is 0. The van der Waals surface area contributed by atoms with Gasteiger partial charge in [0.15, 0.2) is 0 Å². The Morgan fingerprint density at radius 1 is 1.14 bits per heavy atom. The Hall–Kier alpha value is -3.24. The van der Waals surface area contributed by atoms with Gasteiger partial charge in [-0.25, -0.2) is 0 Å². The number of nitrogens with one attached hydrogen (secondary N) is 2. The first kappa shape index (κ1) is 15.8. The Morgan fingerprint density at radius 2 is 1.81 bits per heavy atom. The van der Waals surface area contributed by atoms with E-state index in [0.29, 0.717) is 0 Å². The van der Waals surface area contributed by atoms with Crippen molar-refractivity contribution in [3.8, 4) is 0 Å². The average Bonchev–Trinajstić information content (AvgIpc) is 2.42. The lowest BCUT2D eigenvalue weighted by molar-refractivity contribution is -0.393. The molecular formula is C10H10N4O7. The van der Waals surface area contributed by atoms with Gasteiger partial charge in [0.05, 0.1) is 22.5 Å². The van der Waals surface area contributed by atoms with Gasteiger partial charge in [-0.1, -0.05) is 0 Å². The van der Waals surface area contributed by atoms with Crippen LogP contribution in [-0.2, 0) is 9.59 Å². The maximum Gasteiger partial charge on any atom is 0.322 e. The predicted molar refractivity (Wildman–Crippen MR) is 68.9 cm³/mol. The summed E-state index contributed by atoms with van der Waals surface area (Å²) in [6.45, 7) is -0.991. The number of benzene rings is 1. The van der Waals surface area contributed by atoms with Gasteiger partial charge < -0.3 is 15.7 Å². The molecule has 11 nitrogen and oxygen atoms in total. The van der Waals surface area contributed by atoms with Crippen LogP contribution in [0.1, 0.15) is 0 Å². The molecule has 3 N–H and O–H groups in total. The summed E-state index contributed by atoms with van der Waals surface area (Å²) in [6.07, 6.45) is 0. The molecule has 21 heavy (non-hydrogen) atoms. The molecule has 112 valence electrons. The van der Waals surface area contributed by atoms with Crippen molar-refractivity contribution in [1.29, 1.82) is 0 Å².